The third kappa shape index (κ3) is 4.72. The van der Waals surface area contributed by atoms with Gasteiger partial charge >= 0.3 is 0 Å². The molecule has 0 aliphatic heterocycles. The second-order valence-corrected chi connectivity index (χ2v) is 5.07. The molecule has 2 aromatic rings. The third-order valence-electron chi connectivity index (χ3n) is 3.11. The van der Waals surface area contributed by atoms with Gasteiger partial charge in [0.25, 0.3) is 0 Å². The van der Waals surface area contributed by atoms with E-state index in [1.54, 1.807) is 7.11 Å². The molecule has 7 nitrogen and oxygen atoms in total. The van der Waals surface area contributed by atoms with Crippen LogP contribution in [0, 0.1) is 0 Å². The van der Waals surface area contributed by atoms with E-state index in [9.17, 15) is 0 Å². The van der Waals surface area contributed by atoms with E-state index in [0.29, 0.717) is 30.5 Å². The quantitative estimate of drug-likeness (QED) is 0.689. The number of hydrogen-bond donors (Lipinski definition) is 3. The normalized spacial score (nSPS) is 11.8. The first kappa shape index (κ1) is 16.8. The van der Waals surface area contributed by atoms with Crippen LogP contribution in [0.2, 0.25) is 0 Å². The minimum Gasteiger partial charge on any atom is -0.494 e. The summed E-state index contributed by atoms with van der Waals surface area (Å²) in [6, 6.07) is 7.70. The van der Waals surface area contributed by atoms with Crippen molar-refractivity contribution in [3.63, 3.8) is 0 Å². The van der Waals surface area contributed by atoms with Crippen LogP contribution < -0.4 is 21.1 Å². The summed E-state index contributed by atoms with van der Waals surface area (Å²) in [4.78, 5) is 8.37. The first-order valence-electron chi connectivity index (χ1n) is 7.49. The van der Waals surface area contributed by atoms with Gasteiger partial charge in [-0.1, -0.05) is 0 Å². The average molecular weight is 317 g/mol. The van der Waals surface area contributed by atoms with Gasteiger partial charge in [-0.05, 0) is 38.1 Å². The van der Waals surface area contributed by atoms with Crippen molar-refractivity contribution in [2.45, 2.75) is 19.9 Å². The molecule has 0 amide bonds. The number of nitrogen functional groups attached to an aromatic ring is 1. The predicted octanol–water partition coefficient (Wildman–Crippen LogP) is 2.65. The molecule has 124 valence electrons. The molecule has 0 fully saturated rings. The molecule has 1 atom stereocenters. The summed E-state index contributed by atoms with van der Waals surface area (Å²) < 4.78 is 10.5. The molecule has 0 spiro atoms. The Bertz CT molecular complexity index is 618. The highest BCUT2D eigenvalue weighted by molar-refractivity contribution is 5.77. The highest BCUT2D eigenvalue weighted by Crippen LogP contribution is 2.27. The summed E-state index contributed by atoms with van der Waals surface area (Å²) in [7, 11) is 1.65. The van der Waals surface area contributed by atoms with E-state index in [1.807, 2.05) is 38.1 Å². The second-order valence-electron chi connectivity index (χ2n) is 5.07. The number of anilines is 4. The third-order valence-corrected chi connectivity index (χ3v) is 3.11. The Labute approximate surface area is 136 Å². The van der Waals surface area contributed by atoms with E-state index in [1.165, 1.54) is 6.33 Å². The fourth-order valence-electron chi connectivity index (χ4n) is 2.07. The lowest BCUT2D eigenvalue weighted by Crippen LogP contribution is -2.22. The number of nitrogens with two attached hydrogens (primary N) is 1. The van der Waals surface area contributed by atoms with Crippen molar-refractivity contribution >= 4 is 23.0 Å². The maximum Gasteiger partial charge on any atom is 0.159 e. The minimum atomic E-state index is 0.0931. The van der Waals surface area contributed by atoms with Gasteiger partial charge in [0.2, 0.25) is 0 Å². The van der Waals surface area contributed by atoms with E-state index in [-0.39, 0.29) is 6.04 Å². The van der Waals surface area contributed by atoms with Gasteiger partial charge in [0.05, 0.1) is 13.2 Å². The Morgan fingerprint density at radius 2 is 1.87 bits per heavy atom. The smallest absolute Gasteiger partial charge is 0.159 e. The molecule has 0 aliphatic rings. The van der Waals surface area contributed by atoms with Crippen LogP contribution in [0.3, 0.4) is 0 Å². The Balaban J connectivity index is 2.10. The molecule has 0 saturated heterocycles. The Hall–Kier alpha value is -2.54. The number of ether oxygens (including phenoxy) is 2. The number of nitrogens with zero attached hydrogens (tertiary/aromatic N) is 2. The van der Waals surface area contributed by atoms with Crippen LogP contribution in [0.4, 0.5) is 23.0 Å². The largest absolute Gasteiger partial charge is 0.494 e. The zero-order chi connectivity index (χ0) is 16.7. The molecule has 0 aliphatic carbocycles. The van der Waals surface area contributed by atoms with Gasteiger partial charge in [-0.15, -0.1) is 0 Å². The van der Waals surface area contributed by atoms with Crippen LogP contribution in [0.5, 0.6) is 5.75 Å². The highest BCUT2D eigenvalue weighted by Gasteiger charge is 2.11. The summed E-state index contributed by atoms with van der Waals surface area (Å²) in [6.45, 7) is 5.14. The maximum atomic E-state index is 6.14. The van der Waals surface area contributed by atoms with Crippen LogP contribution in [0.15, 0.2) is 30.6 Å². The van der Waals surface area contributed by atoms with Crippen LogP contribution in [-0.4, -0.2) is 36.3 Å². The van der Waals surface area contributed by atoms with Gasteiger partial charge in [0, 0.05) is 18.8 Å². The van der Waals surface area contributed by atoms with Crippen molar-refractivity contribution in [1.29, 1.82) is 0 Å². The number of benzene rings is 1. The van der Waals surface area contributed by atoms with Gasteiger partial charge in [-0.3, -0.25) is 0 Å². The number of hydrogen-bond acceptors (Lipinski definition) is 7. The number of methoxy groups -OCH3 is 1. The van der Waals surface area contributed by atoms with Crippen LogP contribution in [-0.2, 0) is 4.74 Å². The van der Waals surface area contributed by atoms with Crippen molar-refractivity contribution < 1.29 is 9.47 Å². The Morgan fingerprint density at radius 3 is 2.52 bits per heavy atom. The maximum absolute atomic E-state index is 6.14. The highest BCUT2D eigenvalue weighted by atomic mass is 16.5. The van der Waals surface area contributed by atoms with Crippen molar-refractivity contribution in [3.05, 3.63) is 30.6 Å². The molecule has 1 heterocycles. The van der Waals surface area contributed by atoms with E-state index in [2.05, 4.69) is 20.6 Å². The minimum absolute atomic E-state index is 0.0931. The van der Waals surface area contributed by atoms with Crippen LogP contribution >= 0.6 is 0 Å². The first-order valence-corrected chi connectivity index (χ1v) is 7.49. The van der Waals surface area contributed by atoms with Gasteiger partial charge in [-0.2, -0.15) is 0 Å². The van der Waals surface area contributed by atoms with Crippen molar-refractivity contribution in [1.82, 2.24) is 9.97 Å². The topological polar surface area (TPSA) is 94.3 Å². The Morgan fingerprint density at radius 1 is 1.17 bits per heavy atom. The van der Waals surface area contributed by atoms with E-state index in [0.717, 1.165) is 11.4 Å². The predicted molar refractivity (Wildman–Crippen MR) is 92.3 cm³/mol. The summed E-state index contributed by atoms with van der Waals surface area (Å²) in [5.41, 5.74) is 7.47. The van der Waals surface area contributed by atoms with Crippen molar-refractivity contribution in [3.8, 4) is 5.75 Å². The zero-order valence-electron chi connectivity index (χ0n) is 13.7. The molecule has 1 aromatic carbocycles. The lowest BCUT2D eigenvalue weighted by atomic mass is 10.3. The van der Waals surface area contributed by atoms with Gasteiger partial charge in [0.15, 0.2) is 11.6 Å². The molecule has 7 heteroatoms. The fraction of sp³-hybridized carbons (Fsp3) is 0.375. The molecule has 0 bridgehead atoms. The summed E-state index contributed by atoms with van der Waals surface area (Å²) in [5.74, 6) is 1.96. The number of aromatic nitrogens is 2. The van der Waals surface area contributed by atoms with Crippen LogP contribution in [0.25, 0.3) is 0 Å². The van der Waals surface area contributed by atoms with Gasteiger partial charge in [0.1, 0.15) is 17.8 Å². The van der Waals surface area contributed by atoms with Crippen LogP contribution in [0.1, 0.15) is 13.8 Å². The van der Waals surface area contributed by atoms with E-state index >= 15 is 0 Å². The first-order chi connectivity index (χ1) is 11.1. The summed E-state index contributed by atoms with van der Waals surface area (Å²) in [6.07, 6.45) is 1.47. The lowest BCUT2D eigenvalue weighted by Gasteiger charge is -2.16. The lowest BCUT2D eigenvalue weighted by molar-refractivity contribution is 0.190. The molecule has 2 rings (SSSR count). The van der Waals surface area contributed by atoms with E-state index in [4.69, 9.17) is 15.2 Å². The standard InChI is InChI=1S/C16H23N5O2/c1-4-23-13-7-5-12(6-8-13)21-16-14(17)15(18-10-19-16)20-11(2)9-22-3/h5-8,10-11H,4,9,17H2,1-3H3,(H2,18,19,20,21). The summed E-state index contributed by atoms with van der Waals surface area (Å²) >= 11 is 0. The Kier molecular flexibility index (Phi) is 5.99. The molecule has 0 saturated carbocycles. The van der Waals surface area contributed by atoms with E-state index < -0.39 is 0 Å². The SMILES string of the molecule is CCOc1ccc(Nc2ncnc(NC(C)COC)c2N)cc1. The molecule has 23 heavy (non-hydrogen) atoms. The molecule has 0 radical (unpaired) electrons. The molecule has 1 unspecified atom stereocenters. The number of nitrogens with one attached hydrogen (secondary N) is 2. The number of rotatable bonds is 8. The monoisotopic (exact) mass is 317 g/mol. The zero-order valence-corrected chi connectivity index (χ0v) is 13.7. The van der Waals surface area contributed by atoms with Crippen molar-refractivity contribution in [2.75, 3.05) is 36.7 Å². The molecule has 1 aromatic heterocycles. The van der Waals surface area contributed by atoms with Crippen molar-refractivity contribution in [2.24, 2.45) is 0 Å². The van der Waals surface area contributed by atoms with Gasteiger partial charge < -0.3 is 25.8 Å². The second kappa shape index (κ2) is 8.19. The average Bonchev–Trinajstić information content (AvgIpc) is 2.53. The molecular weight excluding hydrogens is 294 g/mol. The fourth-order valence-corrected chi connectivity index (χ4v) is 2.07. The molecule has 4 N–H and O–H groups in total. The summed E-state index contributed by atoms with van der Waals surface area (Å²) in [5, 5.41) is 6.39. The van der Waals surface area contributed by atoms with Gasteiger partial charge in [-0.25, -0.2) is 9.97 Å². The molecular formula is C16H23N5O2.